The first-order valence-corrected chi connectivity index (χ1v) is 11.3. The molecule has 0 bridgehead atoms. The number of pyridine rings is 1. The Morgan fingerprint density at radius 3 is 2.53 bits per heavy atom. The summed E-state index contributed by atoms with van der Waals surface area (Å²) < 4.78 is 2.19. The molecule has 0 saturated carbocycles. The zero-order valence-electron chi connectivity index (χ0n) is 16.8. The van der Waals surface area contributed by atoms with Gasteiger partial charge in [0.1, 0.15) is 5.52 Å². The van der Waals surface area contributed by atoms with E-state index in [1.807, 2.05) is 53.6 Å². The highest BCUT2D eigenvalue weighted by atomic mass is 32.2. The normalized spacial score (nSPS) is 14.1. The Labute approximate surface area is 179 Å². The molecule has 7 heteroatoms. The van der Waals surface area contributed by atoms with Gasteiger partial charge in [-0.1, -0.05) is 42.1 Å². The van der Waals surface area contributed by atoms with Crippen molar-refractivity contribution in [3.8, 4) is 0 Å². The molecule has 1 amide bonds. The maximum absolute atomic E-state index is 12.6. The number of amides is 1. The number of para-hydroxylation sites is 1. The summed E-state index contributed by atoms with van der Waals surface area (Å²) in [5.74, 6) is 0.575. The minimum absolute atomic E-state index is 0.127. The lowest BCUT2D eigenvalue weighted by molar-refractivity contribution is 0.0793. The predicted molar refractivity (Wildman–Crippen MR) is 122 cm³/mol. The summed E-state index contributed by atoms with van der Waals surface area (Å²) in [6, 6.07) is 15.9. The van der Waals surface area contributed by atoms with Crippen LogP contribution in [0.3, 0.4) is 0 Å². The Morgan fingerprint density at radius 1 is 1.07 bits per heavy atom. The van der Waals surface area contributed by atoms with E-state index in [-0.39, 0.29) is 5.91 Å². The second kappa shape index (κ2) is 7.65. The monoisotopic (exact) mass is 417 g/mol. The zero-order valence-corrected chi connectivity index (χ0v) is 17.7. The van der Waals surface area contributed by atoms with Crippen LogP contribution in [0.15, 0.2) is 53.7 Å². The van der Waals surface area contributed by atoms with Gasteiger partial charge in [0.25, 0.3) is 5.91 Å². The van der Waals surface area contributed by atoms with Crippen LogP contribution in [0.5, 0.6) is 0 Å². The summed E-state index contributed by atoms with van der Waals surface area (Å²) in [7, 11) is 0. The molecule has 0 radical (unpaired) electrons. The predicted octanol–water partition coefficient (Wildman–Crippen LogP) is 4.17. The van der Waals surface area contributed by atoms with Crippen LogP contribution in [-0.4, -0.2) is 44.7 Å². The van der Waals surface area contributed by atoms with Gasteiger partial charge in [0.2, 0.25) is 0 Å². The molecule has 1 aliphatic heterocycles. The highest BCUT2D eigenvalue weighted by molar-refractivity contribution is 7.98. The van der Waals surface area contributed by atoms with E-state index in [4.69, 9.17) is 10.7 Å². The molecule has 2 N–H and O–H groups in total. The van der Waals surface area contributed by atoms with E-state index < -0.39 is 0 Å². The van der Waals surface area contributed by atoms with E-state index in [9.17, 15) is 4.79 Å². The van der Waals surface area contributed by atoms with Gasteiger partial charge in [0.15, 0.2) is 11.0 Å². The minimum Gasteiger partial charge on any atom is -0.382 e. The molecule has 0 unspecified atom stereocenters. The highest BCUT2D eigenvalue weighted by Gasteiger charge is 2.20. The SMILES string of the molecule is CSc1nc2c(N)nc3ccccc3c2n1Cc1ccc(C(=O)N2CCCC2)cc1. The molecule has 0 spiro atoms. The summed E-state index contributed by atoms with van der Waals surface area (Å²) >= 11 is 1.59. The number of thioether (sulfide) groups is 1. The van der Waals surface area contributed by atoms with Crippen molar-refractivity contribution < 1.29 is 4.79 Å². The zero-order chi connectivity index (χ0) is 20.7. The number of carbonyl (C=O) groups is 1. The molecule has 0 atom stereocenters. The van der Waals surface area contributed by atoms with Gasteiger partial charge < -0.3 is 15.2 Å². The quantitative estimate of drug-likeness (QED) is 0.504. The number of fused-ring (bicyclic) bond motifs is 3. The van der Waals surface area contributed by atoms with Crippen LogP contribution in [-0.2, 0) is 6.54 Å². The van der Waals surface area contributed by atoms with Crippen molar-refractivity contribution in [2.45, 2.75) is 24.5 Å². The number of rotatable bonds is 4. The van der Waals surface area contributed by atoms with E-state index in [0.29, 0.717) is 12.4 Å². The highest BCUT2D eigenvalue weighted by Crippen LogP contribution is 2.32. The fourth-order valence-corrected chi connectivity index (χ4v) is 4.74. The molecule has 152 valence electrons. The molecule has 30 heavy (non-hydrogen) atoms. The second-order valence-electron chi connectivity index (χ2n) is 7.59. The number of anilines is 1. The van der Waals surface area contributed by atoms with Crippen LogP contribution in [0, 0.1) is 0 Å². The fraction of sp³-hybridized carbons (Fsp3) is 0.261. The van der Waals surface area contributed by atoms with Gasteiger partial charge in [-0.15, -0.1) is 0 Å². The average Bonchev–Trinajstić information content (AvgIpc) is 3.43. The van der Waals surface area contributed by atoms with E-state index in [1.165, 1.54) is 0 Å². The maximum atomic E-state index is 12.6. The number of nitrogens with zero attached hydrogens (tertiary/aromatic N) is 4. The first-order chi connectivity index (χ1) is 14.7. The number of hydrogen-bond donors (Lipinski definition) is 1. The molecular weight excluding hydrogens is 394 g/mol. The van der Waals surface area contributed by atoms with Crippen molar-refractivity contribution in [3.63, 3.8) is 0 Å². The largest absolute Gasteiger partial charge is 0.382 e. The summed E-state index contributed by atoms with van der Waals surface area (Å²) in [4.78, 5) is 23.8. The Morgan fingerprint density at radius 2 is 1.80 bits per heavy atom. The number of carbonyl (C=O) groups excluding carboxylic acids is 1. The molecule has 4 aromatic rings. The number of likely N-dealkylation sites (tertiary alicyclic amines) is 1. The molecule has 2 aromatic heterocycles. The standard InChI is InChI=1S/C23H23N5OS/c1-30-23-26-19-20(17-6-2-3-7-18(17)25-21(19)24)28(23)14-15-8-10-16(11-9-15)22(29)27-12-4-5-13-27/h2-3,6-11H,4-5,12-14H2,1H3,(H2,24,25). The van der Waals surface area contributed by atoms with Gasteiger partial charge >= 0.3 is 0 Å². The topological polar surface area (TPSA) is 77.0 Å². The number of imidazole rings is 1. The first-order valence-electron chi connectivity index (χ1n) is 10.1. The van der Waals surface area contributed by atoms with Crippen LogP contribution >= 0.6 is 11.8 Å². The lowest BCUT2D eigenvalue weighted by Gasteiger charge is -2.15. The molecule has 2 aromatic carbocycles. The van der Waals surface area contributed by atoms with Crippen molar-refractivity contribution in [1.82, 2.24) is 19.4 Å². The van der Waals surface area contributed by atoms with Gasteiger partial charge in [-0.2, -0.15) is 0 Å². The molecule has 1 aliphatic rings. The van der Waals surface area contributed by atoms with Crippen LogP contribution < -0.4 is 5.73 Å². The van der Waals surface area contributed by atoms with Gasteiger partial charge in [0.05, 0.1) is 17.6 Å². The van der Waals surface area contributed by atoms with E-state index in [0.717, 1.165) is 64.2 Å². The smallest absolute Gasteiger partial charge is 0.253 e. The number of nitrogens with two attached hydrogens (primary N) is 1. The van der Waals surface area contributed by atoms with Crippen molar-refractivity contribution in [1.29, 1.82) is 0 Å². The number of benzene rings is 2. The lowest BCUT2D eigenvalue weighted by atomic mass is 10.1. The third kappa shape index (κ3) is 3.19. The summed E-state index contributed by atoms with van der Waals surface area (Å²) in [6.45, 7) is 2.38. The number of aromatic nitrogens is 3. The van der Waals surface area contributed by atoms with Gasteiger partial charge in [-0.25, -0.2) is 9.97 Å². The van der Waals surface area contributed by atoms with E-state index >= 15 is 0 Å². The Balaban J connectivity index is 1.54. The molecule has 0 aliphatic carbocycles. The lowest BCUT2D eigenvalue weighted by Crippen LogP contribution is -2.27. The molecule has 5 rings (SSSR count). The number of hydrogen-bond acceptors (Lipinski definition) is 5. The van der Waals surface area contributed by atoms with Crippen molar-refractivity contribution in [3.05, 3.63) is 59.7 Å². The third-order valence-corrected chi connectivity index (χ3v) is 6.37. The third-order valence-electron chi connectivity index (χ3n) is 5.69. The summed E-state index contributed by atoms with van der Waals surface area (Å²) in [5.41, 5.74) is 10.7. The Bertz CT molecular complexity index is 1240. The van der Waals surface area contributed by atoms with Crippen molar-refractivity contribution in [2.24, 2.45) is 0 Å². The maximum Gasteiger partial charge on any atom is 0.253 e. The van der Waals surface area contributed by atoms with Gasteiger partial charge in [-0.05, 0) is 42.9 Å². The van der Waals surface area contributed by atoms with Crippen LogP contribution in [0.4, 0.5) is 5.82 Å². The molecular formula is C23H23N5OS. The van der Waals surface area contributed by atoms with Crippen LogP contribution in [0.1, 0.15) is 28.8 Å². The summed E-state index contributed by atoms with van der Waals surface area (Å²) in [5, 5.41) is 1.93. The van der Waals surface area contributed by atoms with E-state index in [1.54, 1.807) is 11.8 Å². The first kappa shape index (κ1) is 18.9. The van der Waals surface area contributed by atoms with Crippen molar-refractivity contribution >= 4 is 45.4 Å². The van der Waals surface area contributed by atoms with Gasteiger partial charge in [0, 0.05) is 24.0 Å². The van der Waals surface area contributed by atoms with Crippen molar-refractivity contribution in [2.75, 3.05) is 25.1 Å². The van der Waals surface area contributed by atoms with E-state index in [2.05, 4.69) is 15.6 Å². The van der Waals surface area contributed by atoms with Crippen LogP contribution in [0.25, 0.3) is 21.9 Å². The molecule has 1 fully saturated rings. The second-order valence-corrected chi connectivity index (χ2v) is 8.37. The Hall–Kier alpha value is -3.06. The summed E-state index contributed by atoms with van der Waals surface area (Å²) in [6.07, 6.45) is 4.21. The van der Waals surface area contributed by atoms with Crippen LogP contribution in [0.2, 0.25) is 0 Å². The molecule has 3 heterocycles. The minimum atomic E-state index is 0.127. The number of nitrogen functional groups attached to an aromatic ring is 1. The fourth-order valence-electron chi connectivity index (χ4n) is 4.18. The Kier molecular flexibility index (Phi) is 4.83. The molecule has 1 saturated heterocycles. The molecule has 6 nitrogen and oxygen atoms in total. The van der Waals surface area contributed by atoms with Gasteiger partial charge in [-0.3, -0.25) is 4.79 Å². The average molecular weight is 418 g/mol.